The van der Waals surface area contributed by atoms with Crippen molar-refractivity contribution in [3.05, 3.63) is 88.2 Å². The molecule has 2 aromatic carbocycles. The van der Waals surface area contributed by atoms with Gasteiger partial charge in [-0.15, -0.1) is 11.3 Å². The van der Waals surface area contributed by atoms with E-state index in [0.29, 0.717) is 21.8 Å². The van der Waals surface area contributed by atoms with E-state index < -0.39 is 0 Å². The summed E-state index contributed by atoms with van der Waals surface area (Å²) in [5, 5.41) is 10.00. The van der Waals surface area contributed by atoms with Crippen LogP contribution in [0.25, 0.3) is 21.9 Å². The number of carbonyl (C=O) groups excluding carboxylic acids is 1. The quantitative estimate of drug-likeness (QED) is 0.358. The maximum Gasteiger partial charge on any atom is 0.196 e. The Morgan fingerprint density at radius 1 is 1.14 bits per heavy atom. The normalized spacial score (nSPS) is 11.5. The Morgan fingerprint density at radius 2 is 1.86 bits per heavy atom. The van der Waals surface area contributed by atoms with Crippen molar-refractivity contribution < 1.29 is 4.79 Å². The molecule has 0 aliphatic heterocycles. The zero-order chi connectivity index (χ0) is 19.7. The van der Waals surface area contributed by atoms with Gasteiger partial charge in [-0.1, -0.05) is 42.5 Å². The van der Waals surface area contributed by atoms with E-state index in [1.807, 2.05) is 79.2 Å². The highest BCUT2D eigenvalue weighted by molar-refractivity contribution is 7.20. The molecule has 136 valence electrons. The second-order valence-electron chi connectivity index (χ2n) is 6.48. The van der Waals surface area contributed by atoms with Gasteiger partial charge in [0.05, 0.1) is 15.8 Å². The van der Waals surface area contributed by atoms with Crippen LogP contribution < -0.4 is 0 Å². The maximum atomic E-state index is 13.3. The monoisotopic (exact) mass is 383 g/mol. The largest absolute Gasteiger partial charge is 0.339 e. The number of thiazole rings is 1. The van der Waals surface area contributed by atoms with Crippen molar-refractivity contribution in [1.82, 2.24) is 9.55 Å². The lowest BCUT2D eigenvalue weighted by Crippen LogP contribution is -2.02. The zero-order valence-corrected chi connectivity index (χ0v) is 16.3. The van der Waals surface area contributed by atoms with Gasteiger partial charge in [-0.05, 0) is 36.8 Å². The smallest absolute Gasteiger partial charge is 0.196 e. The summed E-state index contributed by atoms with van der Waals surface area (Å²) in [5.74, 6) is -0.0820. The lowest BCUT2D eigenvalue weighted by molar-refractivity contribution is 0.105. The topological polar surface area (TPSA) is 58.7 Å². The Bertz CT molecular complexity index is 1220. The molecule has 0 atom stereocenters. The lowest BCUT2D eigenvalue weighted by atomic mass is 10.0. The standard InChI is InChI=1S/C23H17N3OS/c1-15-17(12-18(14-24)26(15)2)13-19(22(27)16-8-4-3-5-9-16)23-25-20-10-6-7-11-21(20)28-23/h3-13H,1-2H3/b19-13-. The number of nitriles is 1. The van der Waals surface area contributed by atoms with E-state index in [1.165, 1.54) is 11.3 Å². The summed E-state index contributed by atoms with van der Waals surface area (Å²) in [7, 11) is 1.85. The Morgan fingerprint density at radius 3 is 2.54 bits per heavy atom. The minimum atomic E-state index is -0.0820. The van der Waals surface area contributed by atoms with Crippen LogP contribution in [0, 0.1) is 18.3 Å². The summed E-state index contributed by atoms with van der Waals surface area (Å²) in [4.78, 5) is 18.0. The summed E-state index contributed by atoms with van der Waals surface area (Å²) in [6.07, 6.45) is 1.85. The van der Waals surface area contributed by atoms with E-state index in [-0.39, 0.29) is 5.78 Å². The van der Waals surface area contributed by atoms with Crippen LogP contribution in [0.15, 0.2) is 60.7 Å². The Kier molecular flexibility index (Phi) is 4.64. The number of hydrogen-bond donors (Lipinski definition) is 0. The van der Waals surface area contributed by atoms with Crippen molar-refractivity contribution in [2.75, 3.05) is 0 Å². The Hall–Kier alpha value is -3.49. The molecule has 0 saturated heterocycles. The molecule has 4 aromatic rings. The van der Waals surface area contributed by atoms with Gasteiger partial charge in [-0.2, -0.15) is 5.26 Å². The maximum absolute atomic E-state index is 13.3. The van der Waals surface area contributed by atoms with Crippen molar-refractivity contribution in [2.24, 2.45) is 7.05 Å². The molecule has 0 aliphatic rings. The fourth-order valence-electron chi connectivity index (χ4n) is 3.09. The first-order valence-corrected chi connectivity index (χ1v) is 9.64. The van der Waals surface area contributed by atoms with Gasteiger partial charge in [-0.25, -0.2) is 4.98 Å². The predicted octanol–water partition coefficient (Wildman–Crippen LogP) is 5.24. The third kappa shape index (κ3) is 3.15. The first kappa shape index (κ1) is 17.9. The zero-order valence-electron chi connectivity index (χ0n) is 15.5. The molecule has 28 heavy (non-hydrogen) atoms. The summed E-state index contributed by atoms with van der Waals surface area (Å²) >= 11 is 1.50. The second-order valence-corrected chi connectivity index (χ2v) is 7.51. The highest BCUT2D eigenvalue weighted by Crippen LogP contribution is 2.31. The van der Waals surface area contributed by atoms with Crippen molar-refractivity contribution in [3.63, 3.8) is 0 Å². The van der Waals surface area contributed by atoms with Gasteiger partial charge < -0.3 is 4.57 Å². The minimum Gasteiger partial charge on any atom is -0.339 e. The van der Waals surface area contributed by atoms with Crippen molar-refractivity contribution in [1.29, 1.82) is 5.26 Å². The summed E-state index contributed by atoms with van der Waals surface area (Å²) in [6.45, 7) is 1.94. The number of nitrogens with zero attached hydrogens (tertiary/aromatic N) is 3. The van der Waals surface area contributed by atoms with Gasteiger partial charge >= 0.3 is 0 Å². The number of allylic oxidation sites excluding steroid dienone is 1. The van der Waals surface area contributed by atoms with Gasteiger partial charge in [0.2, 0.25) is 0 Å². The highest BCUT2D eigenvalue weighted by Gasteiger charge is 2.19. The number of ketones is 1. The van der Waals surface area contributed by atoms with Crippen molar-refractivity contribution >= 4 is 39.0 Å². The third-order valence-electron chi connectivity index (χ3n) is 4.79. The number of aromatic nitrogens is 2. The first-order valence-electron chi connectivity index (χ1n) is 8.82. The molecule has 2 aromatic heterocycles. The molecule has 4 nitrogen and oxygen atoms in total. The van der Waals surface area contributed by atoms with E-state index in [4.69, 9.17) is 4.98 Å². The summed E-state index contributed by atoms with van der Waals surface area (Å²) in [5.41, 5.74) is 4.35. The highest BCUT2D eigenvalue weighted by atomic mass is 32.1. The summed E-state index contributed by atoms with van der Waals surface area (Å²) in [6, 6.07) is 21.1. The lowest BCUT2D eigenvalue weighted by Gasteiger charge is -2.05. The van der Waals surface area contributed by atoms with E-state index in [2.05, 4.69) is 6.07 Å². The molecule has 5 heteroatoms. The number of fused-ring (bicyclic) bond motifs is 1. The molecule has 0 bridgehead atoms. The molecule has 4 rings (SSSR count). The molecule has 2 heterocycles. The van der Waals surface area contributed by atoms with E-state index in [9.17, 15) is 10.1 Å². The number of para-hydroxylation sites is 1. The number of rotatable bonds is 4. The van der Waals surface area contributed by atoms with Gasteiger partial charge in [-0.3, -0.25) is 4.79 Å². The molecule has 0 amide bonds. The van der Waals surface area contributed by atoms with Crippen molar-refractivity contribution in [3.8, 4) is 6.07 Å². The molecule has 0 N–H and O–H groups in total. The van der Waals surface area contributed by atoms with Crippen LogP contribution in [0.5, 0.6) is 0 Å². The first-order chi connectivity index (χ1) is 13.6. The SMILES string of the molecule is Cc1c(/C=C(/C(=O)c2ccccc2)c2nc3ccccc3s2)cc(C#N)n1C. The van der Waals surface area contributed by atoms with E-state index in [1.54, 1.807) is 6.07 Å². The molecule has 0 aliphatic carbocycles. The van der Waals surface area contributed by atoms with Gasteiger partial charge in [0, 0.05) is 18.3 Å². The summed E-state index contributed by atoms with van der Waals surface area (Å²) < 4.78 is 2.86. The average molecular weight is 383 g/mol. The van der Waals surface area contributed by atoms with Crippen LogP contribution in [0.3, 0.4) is 0 Å². The molecule has 0 radical (unpaired) electrons. The van der Waals surface area contributed by atoms with E-state index >= 15 is 0 Å². The minimum absolute atomic E-state index is 0.0820. The Labute approximate surface area is 167 Å². The molecular formula is C23H17N3OS. The van der Waals surface area contributed by atoms with Crippen LogP contribution in [-0.2, 0) is 7.05 Å². The van der Waals surface area contributed by atoms with Crippen LogP contribution >= 0.6 is 11.3 Å². The van der Waals surface area contributed by atoms with Gasteiger partial charge in [0.25, 0.3) is 0 Å². The molecule has 0 saturated carbocycles. The fraction of sp³-hybridized carbons (Fsp3) is 0.0870. The number of benzene rings is 2. The van der Waals surface area contributed by atoms with Gasteiger partial charge in [0.15, 0.2) is 5.78 Å². The fourth-order valence-corrected chi connectivity index (χ4v) is 4.07. The van der Waals surface area contributed by atoms with Crippen LogP contribution in [-0.4, -0.2) is 15.3 Å². The third-order valence-corrected chi connectivity index (χ3v) is 5.86. The molecular weight excluding hydrogens is 366 g/mol. The molecule has 0 unspecified atom stereocenters. The molecule has 0 fully saturated rings. The second kappa shape index (κ2) is 7.26. The van der Waals surface area contributed by atoms with Crippen molar-refractivity contribution in [2.45, 2.75) is 6.92 Å². The number of hydrogen-bond acceptors (Lipinski definition) is 4. The molecule has 0 spiro atoms. The Balaban J connectivity index is 1.91. The average Bonchev–Trinajstić information content (AvgIpc) is 3.28. The van der Waals surface area contributed by atoms with Crippen LogP contribution in [0.4, 0.5) is 0 Å². The van der Waals surface area contributed by atoms with Gasteiger partial charge in [0.1, 0.15) is 16.8 Å². The number of Topliss-reactive ketones (excluding diaryl/α,β-unsaturated/α-hetero) is 1. The number of carbonyl (C=O) groups is 1. The van der Waals surface area contributed by atoms with Crippen LogP contribution in [0.1, 0.15) is 32.3 Å². The predicted molar refractivity (Wildman–Crippen MR) is 113 cm³/mol. The van der Waals surface area contributed by atoms with Crippen LogP contribution in [0.2, 0.25) is 0 Å². The van der Waals surface area contributed by atoms with E-state index in [0.717, 1.165) is 21.5 Å².